The summed E-state index contributed by atoms with van der Waals surface area (Å²) in [7, 11) is 2.15. The van der Waals surface area contributed by atoms with Crippen molar-refractivity contribution in [2.24, 2.45) is 0 Å². The standard InChI is InChI=1S/C24H16FN3OS.C5H12N2/c1-14-8-18(20(25)10-16(14)12-29)15-2-4-21-19(9-15)22(6-7-26-21)28-17-3-5-24-23(11-17)27-13-30-24;1-7-4-2-6-3-5-7/h2-13H,1H3,(H,26,28);6H,2-5H2,1H3. The Bertz CT molecular complexity index is 1560. The summed E-state index contributed by atoms with van der Waals surface area (Å²) in [6.45, 7) is 6.55. The summed E-state index contributed by atoms with van der Waals surface area (Å²) in [6.07, 6.45) is 2.42. The molecular formula is C29H28FN5OS. The van der Waals surface area contributed by atoms with E-state index in [1.54, 1.807) is 30.5 Å². The van der Waals surface area contributed by atoms with Crippen molar-refractivity contribution in [2.75, 3.05) is 38.5 Å². The lowest BCUT2D eigenvalue weighted by molar-refractivity contribution is 0.112. The molecule has 3 aromatic carbocycles. The number of aldehydes is 1. The number of rotatable bonds is 4. The number of piperazine rings is 1. The predicted octanol–water partition coefficient (Wildman–Crippen LogP) is 6.04. The van der Waals surface area contributed by atoms with E-state index in [2.05, 4.69) is 32.5 Å². The number of hydrogen-bond acceptors (Lipinski definition) is 7. The van der Waals surface area contributed by atoms with Crippen LogP contribution >= 0.6 is 11.3 Å². The van der Waals surface area contributed by atoms with Gasteiger partial charge in [-0.05, 0) is 73.6 Å². The summed E-state index contributed by atoms with van der Waals surface area (Å²) >= 11 is 1.60. The Morgan fingerprint density at radius 2 is 1.86 bits per heavy atom. The Balaban J connectivity index is 0.000000348. The normalized spacial score (nSPS) is 13.8. The third-order valence-corrected chi connectivity index (χ3v) is 7.30. The highest BCUT2D eigenvalue weighted by atomic mass is 32.1. The maximum atomic E-state index is 14.7. The Kier molecular flexibility index (Phi) is 7.50. The van der Waals surface area contributed by atoms with E-state index in [0.29, 0.717) is 17.4 Å². The number of carbonyl (C=O) groups excluding carboxylic acids is 1. The van der Waals surface area contributed by atoms with Crippen molar-refractivity contribution in [1.82, 2.24) is 20.2 Å². The maximum Gasteiger partial charge on any atom is 0.150 e. The van der Waals surface area contributed by atoms with Crippen LogP contribution in [0.3, 0.4) is 0 Å². The van der Waals surface area contributed by atoms with E-state index in [-0.39, 0.29) is 0 Å². The van der Waals surface area contributed by atoms with Crippen LogP contribution in [-0.4, -0.2) is 54.4 Å². The molecule has 37 heavy (non-hydrogen) atoms. The van der Waals surface area contributed by atoms with Gasteiger partial charge < -0.3 is 15.5 Å². The number of hydrogen-bond donors (Lipinski definition) is 2. The van der Waals surface area contributed by atoms with E-state index < -0.39 is 5.82 Å². The van der Waals surface area contributed by atoms with Crippen molar-refractivity contribution in [3.05, 3.63) is 83.2 Å². The van der Waals surface area contributed by atoms with Gasteiger partial charge in [0.25, 0.3) is 0 Å². The van der Waals surface area contributed by atoms with Gasteiger partial charge in [0, 0.05) is 60.3 Å². The summed E-state index contributed by atoms with van der Waals surface area (Å²) in [5.74, 6) is -0.422. The van der Waals surface area contributed by atoms with Gasteiger partial charge in [-0.25, -0.2) is 9.37 Å². The second-order valence-corrected chi connectivity index (χ2v) is 10.00. The average molecular weight is 514 g/mol. The number of carbonyl (C=O) groups is 1. The van der Waals surface area contributed by atoms with Crippen LogP contribution in [0, 0.1) is 12.7 Å². The number of fused-ring (bicyclic) bond motifs is 2. The minimum atomic E-state index is -0.422. The number of nitrogens with zero attached hydrogens (tertiary/aromatic N) is 3. The van der Waals surface area contributed by atoms with Crippen molar-refractivity contribution >= 4 is 50.1 Å². The average Bonchev–Trinajstić information content (AvgIpc) is 3.39. The Hall–Kier alpha value is -3.72. The van der Waals surface area contributed by atoms with Crippen LogP contribution in [0.25, 0.3) is 32.2 Å². The molecule has 6 nitrogen and oxygen atoms in total. The van der Waals surface area contributed by atoms with Gasteiger partial charge in [0.2, 0.25) is 0 Å². The Labute approximate surface area is 219 Å². The molecule has 0 saturated carbocycles. The summed E-state index contributed by atoms with van der Waals surface area (Å²) < 4.78 is 15.8. The van der Waals surface area contributed by atoms with Crippen LogP contribution in [0.1, 0.15) is 15.9 Å². The number of benzene rings is 3. The zero-order chi connectivity index (χ0) is 25.8. The third kappa shape index (κ3) is 5.67. The summed E-state index contributed by atoms with van der Waals surface area (Å²) in [4.78, 5) is 22.2. The molecule has 0 atom stereocenters. The molecule has 188 valence electrons. The highest BCUT2D eigenvalue weighted by molar-refractivity contribution is 7.16. The van der Waals surface area contributed by atoms with Crippen molar-refractivity contribution in [1.29, 1.82) is 0 Å². The number of nitrogens with one attached hydrogen (secondary N) is 2. The Morgan fingerprint density at radius 1 is 1.03 bits per heavy atom. The van der Waals surface area contributed by atoms with E-state index >= 15 is 0 Å². The Morgan fingerprint density at radius 3 is 2.62 bits per heavy atom. The number of aryl methyl sites for hydroxylation is 1. The lowest BCUT2D eigenvalue weighted by Crippen LogP contribution is -2.40. The molecule has 2 N–H and O–H groups in total. The van der Waals surface area contributed by atoms with Crippen molar-refractivity contribution in [3.8, 4) is 11.1 Å². The van der Waals surface area contributed by atoms with E-state index in [0.717, 1.165) is 56.7 Å². The molecule has 0 unspecified atom stereocenters. The second kappa shape index (κ2) is 11.1. The molecule has 1 saturated heterocycles. The van der Waals surface area contributed by atoms with E-state index in [4.69, 9.17) is 0 Å². The molecule has 0 bridgehead atoms. The molecule has 8 heteroatoms. The summed E-state index contributed by atoms with van der Waals surface area (Å²) in [5, 5.41) is 7.59. The van der Waals surface area contributed by atoms with E-state index in [1.807, 2.05) is 48.0 Å². The monoisotopic (exact) mass is 513 g/mol. The van der Waals surface area contributed by atoms with Gasteiger partial charge >= 0.3 is 0 Å². The van der Waals surface area contributed by atoms with Crippen molar-refractivity contribution < 1.29 is 9.18 Å². The predicted molar refractivity (Wildman–Crippen MR) is 151 cm³/mol. The molecule has 0 spiro atoms. The van der Waals surface area contributed by atoms with Crippen LogP contribution in [0.4, 0.5) is 15.8 Å². The smallest absolute Gasteiger partial charge is 0.150 e. The third-order valence-electron chi connectivity index (χ3n) is 6.49. The van der Waals surface area contributed by atoms with Crippen LogP contribution in [0.2, 0.25) is 0 Å². The second-order valence-electron chi connectivity index (χ2n) is 9.11. The zero-order valence-electron chi connectivity index (χ0n) is 20.8. The number of thiazole rings is 1. The van der Waals surface area contributed by atoms with Gasteiger partial charge in [-0.15, -0.1) is 11.3 Å². The van der Waals surface area contributed by atoms with Crippen LogP contribution in [0.15, 0.2) is 66.3 Å². The minimum Gasteiger partial charge on any atom is -0.355 e. The number of anilines is 2. The molecule has 0 amide bonds. The van der Waals surface area contributed by atoms with Crippen LogP contribution < -0.4 is 10.6 Å². The molecule has 3 heterocycles. The first-order valence-electron chi connectivity index (χ1n) is 12.2. The number of halogens is 1. The first-order valence-corrected chi connectivity index (χ1v) is 13.0. The quantitative estimate of drug-likeness (QED) is 0.286. The first kappa shape index (κ1) is 25.0. The summed E-state index contributed by atoms with van der Waals surface area (Å²) in [5.41, 5.74) is 7.65. The van der Waals surface area contributed by atoms with Gasteiger partial charge in [0.05, 0.1) is 21.2 Å². The fraction of sp³-hybridized carbons (Fsp3) is 0.207. The van der Waals surface area contributed by atoms with Gasteiger partial charge in [-0.2, -0.15) is 0 Å². The number of pyridine rings is 1. The molecule has 1 fully saturated rings. The molecule has 2 aromatic heterocycles. The van der Waals surface area contributed by atoms with Crippen LogP contribution in [-0.2, 0) is 0 Å². The molecule has 0 radical (unpaired) electrons. The van der Waals surface area contributed by atoms with Gasteiger partial charge in [-0.3, -0.25) is 9.78 Å². The topological polar surface area (TPSA) is 70.2 Å². The lowest BCUT2D eigenvalue weighted by atomic mass is 9.98. The molecule has 0 aliphatic carbocycles. The van der Waals surface area contributed by atoms with Gasteiger partial charge in [-0.1, -0.05) is 6.07 Å². The molecule has 5 aromatic rings. The SMILES string of the molecule is CN1CCNCC1.Cc1cc(-c2ccc3nccc(Nc4ccc5scnc5c4)c3c2)c(F)cc1C=O. The highest BCUT2D eigenvalue weighted by Gasteiger charge is 2.12. The fourth-order valence-corrected chi connectivity index (χ4v) is 4.99. The van der Waals surface area contributed by atoms with Crippen molar-refractivity contribution in [3.63, 3.8) is 0 Å². The largest absolute Gasteiger partial charge is 0.355 e. The lowest BCUT2D eigenvalue weighted by Gasteiger charge is -2.21. The minimum absolute atomic E-state index is 0.360. The van der Waals surface area contributed by atoms with Gasteiger partial charge in [0.15, 0.2) is 0 Å². The maximum absolute atomic E-state index is 14.7. The highest BCUT2D eigenvalue weighted by Crippen LogP contribution is 2.32. The van der Waals surface area contributed by atoms with E-state index in [1.165, 1.54) is 19.2 Å². The zero-order valence-corrected chi connectivity index (χ0v) is 21.6. The first-order chi connectivity index (χ1) is 18.0. The fourth-order valence-electron chi connectivity index (χ4n) is 4.34. The summed E-state index contributed by atoms with van der Waals surface area (Å²) in [6, 6.07) is 16.6. The van der Waals surface area contributed by atoms with Gasteiger partial charge in [0.1, 0.15) is 12.1 Å². The molecule has 6 rings (SSSR count). The van der Waals surface area contributed by atoms with Crippen LogP contribution in [0.5, 0.6) is 0 Å². The molecule has 1 aliphatic rings. The molecular weight excluding hydrogens is 485 g/mol. The number of likely N-dealkylation sites (N-methyl/N-ethyl adjacent to an activating group) is 1. The molecule has 1 aliphatic heterocycles. The van der Waals surface area contributed by atoms with Crippen molar-refractivity contribution in [2.45, 2.75) is 6.92 Å². The number of aromatic nitrogens is 2. The van der Waals surface area contributed by atoms with E-state index in [9.17, 15) is 9.18 Å².